The summed E-state index contributed by atoms with van der Waals surface area (Å²) in [5, 5.41) is 10.4. The average Bonchev–Trinajstić information content (AvgIpc) is 2.49. The van der Waals surface area contributed by atoms with Crippen LogP contribution in [0.5, 0.6) is 0 Å². The summed E-state index contributed by atoms with van der Waals surface area (Å²) >= 11 is 0. The van der Waals surface area contributed by atoms with E-state index in [1.807, 2.05) is 4.90 Å². The van der Waals surface area contributed by atoms with Gasteiger partial charge in [-0.15, -0.1) is 5.10 Å². The van der Waals surface area contributed by atoms with Crippen LogP contribution in [0.1, 0.15) is 32.1 Å². The lowest BCUT2D eigenvalue weighted by molar-refractivity contribution is -0.115. The molecule has 1 saturated carbocycles. The van der Waals surface area contributed by atoms with Crippen LogP contribution in [0.3, 0.4) is 0 Å². The van der Waals surface area contributed by atoms with Gasteiger partial charge >= 0.3 is 6.03 Å². The molecule has 1 aliphatic heterocycles. The summed E-state index contributed by atoms with van der Waals surface area (Å²) in [6.07, 6.45) is 7.36. The van der Waals surface area contributed by atoms with Crippen molar-refractivity contribution in [2.45, 2.75) is 37.7 Å². The van der Waals surface area contributed by atoms with Crippen LogP contribution in [-0.2, 0) is 4.74 Å². The van der Waals surface area contributed by atoms with Crippen molar-refractivity contribution < 1.29 is 9.53 Å². The van der Waals surface area contributed by atoms with E-state index >= 15 is 0 Å². The molecule has 0 atom stereocenters. The quantitative estimate of drug-likeness (QED) is 0.852. The maximum atomic E-state index is 12.3. The minimum absolute atomic E-state index is 0.112. The lowest BCUT2D eigenvalue weighted by Gasteiger charge is -2.44. The molecule has 1 saturated heterocycles. The number of nitrogens with zero attached hydrogens (tertiary/aromatic N) is 3. The summed E-state index contributed by atoms with van der Waals surface area (Å²) in [6.45, 7) is 1.93. The number of ether oxygens (including phenoxy) is 1. The molecule has 2 heterocycles. The maximum absolute atomic E-state index is 12.3. The summed E-state index contributed by atoms with van der Waals surface area (Å²) in [5.41, 5.74) is -0.115. The third-order valence-electron chi connectivity index (χ3n) is 4.11. The Kier molecular flexibility index (Phi) is 3.82. The number of hydrogen-bond acceptors (Lipinski definition) is 4. The van der Waals surface area contributed by atoms with Gasteiger partial charge in [-0.3, -0.25) is 5.32 Å². The summed E-state index contributed by atoms with van der Waals surface area (Å²) in [4.78, 5) is 14.1. The zero-order valence-corrected chi connectivity index (χ0v) is 11.5. The molecule has 0 bridgehead atoms. The second kappa shape index (κ2) is 5.75. The van der Waals surface area contributed by atoms with E-state index in [-0.39, 0.29) is 11.6 Å². The number of urea groups is 1. The molecule has 1 aliphatic carbocycles. The molecule has 6 heteroatoms. The summed E-state index contributed by atoms with van der Waals surface area (Å²) in [7, 11) is 0. The van der Waals surface area contributed by atoms with Gasteiger partial charge in [-0.25, -0.2) is 4.79 Å². The van der Waals surface area contributed by atoms with Crippen molar-refractivity contribution in [3.63, 3.8) is 0 Å². The first-order valence-electron chi connectivity index (χ1n) is 7.25. The smallest absolute Gasteiger partial charge is 0.323 e. The van der Waals surface area contributed by atoms with E-state index in [9.17, 15) is 4.79 Å². The summed E-state index contributed by atoms with van der Waals surface area (Å²) < 4.78 is 5.99. The van der Waals surface area contributed by atoms with Gasteiger partial charge in [-0.2, -0.15) is 5.10 Å². The molecule has 0 radical (unpaired) electrons. The van der Waals surface area contributed by atoms with Crippen LogP contribution in [0.15, 0.2) is 18.3 Å². The topological polar surface area (TPSA) is 67.4 Å². The molecule has 0 aromatic carbocycles. The van der Waals surface area contributed by atoms with E-state index in [1.165, 1.54) is 19.3 Å². The van der Waals surface area contributed by atoms with Gasteiger partial charge in [0.15, 0.2) is 5.82 Å². The number of anilines is 1. The van der Waals surface area contributed by atoms with E-state index in [2.05, 4.69) is 15.5 Å². The SMILES string of the molecule is O=C(Nc1cccnn1)N1CCOC2(CCCCC2)C1. The third-order valence-corrected chi connectivity index (χ3v) is 4.11. The zero-order valence-electron chi connectivity index (χ0n) is 11.5. The fourth-order valence-corrected chi connectivity index (χ4v) is 3.07. The fourth-order valence-electron chi connectivity index (χ4n) is 3.07. The minimum Gasteiger partial charge on any atom is -0.371 e. The molecular weight excluding hydrogens is 256 g/mol. The van der Waals surface area contributed by atoms with Crippen molar-refractivity contribution >= 4 is 11.8 Å². The highest BCUT2D eigenvalue weighted by Crippen LogP contribution is 2.34. The Hall–Kier alpha value is -1.69. The Morgan fingerprint density at radius 2 is 2.20 bits per heavy atom. The standard InChI is InChI=1S/C14H20N4O2/c19-13(16-12-5-4-8-15-17-12)18-9-10-20-14(11-18)6-2-1-3-7-14/h4-5,8H,1-3,6-7,9-11H2,(H,16,17,19). The molecule has 2 amide bonds. The number of carbonyl (C=O) groups is 1. The van der Waals surface area contributed by atoms with Crippen molar-refractivity contribution in [1.29, 1.82) is 0 Å². The van der Waals surface area contributed by atoms with Gasteiger partial charge in [0, 0.05) is 12.7 Å². The summed E-state index contributed by atoms with van der Waals surface area (Å²) in [5.74, 6) is 0.488. The Morgan fingerprint density at radius 1 is 1.35 bits per heavy atom. The lowest BCUT2D eigenvalue weighted by Crippen LogP contribution is -2.55. The highest BCUT2D eigenvalue weighted by molar-refractivity contribution is 5.88. The highest BCUT2D eigenvalue weighted by Gasteiger charge is 2.39. The Morgan fingerprint density at radius 3 is 2.95 bits per heavy atom. The largest absolute Gasteiger partial charge is 0.371 e. The predicted molar refractivity (Wildman–Crippen MR) is 74.4 cm³/mol. The van der Waals surface area contributed by atoms with E-state index in [0.29, 0.717) is 25.5 Å². The Bertz CT molecular complexity index is 454. The molecule has 0 unspecified atom stereocenters. The van der Waals surface area contributed by atoms with Crippen molar-refractivity contribution in [2.24, 2.45) is 0 Å². The van der Waals surface area contributed by atoms with E-state index in [4.69, 9.17) is 4.74 Å². The molecule has 2 aliphatic rings. The van der Waals surface area contributed by atoms with Gasteiger partial charge in [-0.1, -0.05) is 19.3 Å². The van der Waals surface area contributed by atoms with Crippen LogP contribution in [0.4, 0.5) is 10.6 Å². The Balaban J connectivity index is 1.63. The van der Waals surface area contributed by atoms with Gasteiger partial charge < -0.3 is 9.64 Å². The second-order valence-electron chi connectivity index (χ2n) is 5.55. The number of morpholine rings is 1. The molecule has 20 heavy (non-hydrogen) atoms. The first-order valence-corrected chi connectivity index (χ1v) is 7.25. The molecular formula is C14H20N4O2. The van der Waals surface area contributed by atoms with E-state index < -0.39 is 0 Å². The van der Waals surface area contributed by atoms with Crippen LogP contribution < -0.4 is 5.32 Å². The number of aromatic nitrogens is 2. The van der Waals surface area contributed by atoms with Gasteiger partial charge in [0.2, 0.25) is 0 Å². The van der Waals surface area contributed by atoms with Crippen molar-refractivity contribution in [1.82, 2.24) is 15.1 Å². The van der Waals surface area contributed by atoms with Crippen LogP contribution in [0.2, 0.25) is 0 Å². The van der Waals surface area contributed by atoms with Crippen LogP contribution in [0.25, 0.3) is 0 Å². The predicted octanol–water partition coefficient (Wildman–Crippen LogP) is 2.04. The molecule has 2 fully saturated rings. The van der Waals surface area contributed by atoms with Gasteiger partial charge in [0.25, 0.3) is 0 Å². The fraction of sp³-hybridized carbons (Fsp3) is 0.643. The van der Waals surface area contributed by atoms with Crippen LogP contribution in [-0.4, -0.2) is 46.4 Å². The molecule has 1 spiro atoms. The van der Waals surface area contributed by atoms with Crippen LogP contribution in [0, 0.1) is 0 Å². The monoisotopic (exact) mass is 276 g/mol. The lowest BCUT2D eigenvalue weighted by atomic mass is 9.83. The number of carbonyl (C=O) groups excluding carboxylic acids is 1. The maximum Gasteiger partial charge on any atom is 0.323 e. The number of nitrogens with one attached hydrogen (secondary N) is 1. The van der Waals surface area contributed by atoms with Crippen molar-refractivity contribution in [2.75, 3.05) is 25.0 Å². The number of hydrogen-bond donors (Lipinski definition) is 1. The third kappa shape index (κ3) is 2.90. The van der Waals surface area contributed by atoms with Crippen molar-refractivity contribution in [3.05, 3.63) is 18.3 Å². The van der Waals surface area contributed by atoms with Gasteiger partial charge in [-0.05, 0) is 25.0 Å². The Labute approximate surface area is 118 Å². The highest BCUT2D eigenvalue weighted by atomic mass is 16.5. The van der Waals surface area contributed by atoms with Crippen LogP contribution >= 0.6 is 0 Å². The molecule has 1 aromatic rings. The molecule has 108 valence electrons. The van der Waals surface area contributed by atoms with Gasteiger partial charge in [0.1, 0.15) is 0 Å². The normalized spacial score (nSPS) is 21.7. The minimum atomic E-state index is -0.115. The molecule has 3 rings (SSSR count). The number of rotatable bonds is 1. The molecule has 1 N–H and O–H groups in total. The first kappa shape index (κ1) is 13.3. The zero-order chi connectivity index (χ0) is 13.8. The first-order chi connectivity index (χ1) is 9.77. The molecule has 1 aromatic heterocycles. The van der Waals surface area contributed by atoms with Gasteiger partial charge in [0.05, 0.1) is 18.8 Å². The molecule has 6 nitrogen and oxygen atoms in total. The van der Waals surface area contributed by atoms with E-state index in [1.54, 1.807) is 18.3 Å². The average molecular weight is 276 g/mol. The van der Waals surface area contributed by atoms with E-state index in [0.717, 1.165) is 12.8 Å². The van der Waals surface area contributed by atoms with Crippen molar-refractivity contribution in [3.8, 4) is 0 Å². The second-order valence-corrected chi connectivity index (χ2v) is 5.55. The summed E-state index contributed by atoms with van der Waals surface area (Å²) in [6, 6.07) is 3.38. The number of amides is 2.